The number of aromatic nitrogens is 3. The molecule has 2 rings (SSSR count). The molecule has 0 aliphatic heterocycles. The molecule has 0 aliphatic carbocycles. The van der Waals surface area contributed by atoms with Gasteiger partial charge in [-0.1, -0.05) is 0 Å². The van der Waals surface area contributed by atoms with Crippen LogP contribution in [0.3, 0.4) is 0 Å². The topological polar surface area (TPSA) is 30.2 Å². The normalized spacial score (nSPS) is 10.9. The van der Waals surface area contributed by atoms with E-state index >= 15 is 0 Å². The molecule has 0 aliphatic rings. The Morgan fingerprint density at radius 3 is 3.00 bits per heavy atom. The van der Waals surface area contributed by atoms with E-state index < -0.39 is 5.82 Å². The average Bonchev–Trinajstić information content (AvgIpc) is 2.41. The zero-order valence-electron chi connectivity index (χ0n) is 6.25. The van der Waals surface area contributed by atoms with Gasteiger partial charge in [-0.25, -0.2) is 14.4 Å². The van der Waals surface area contributed by atoms with Gasteiger partial charge in [-0.3, -0.25) is 4.40 Å². The molecule has 12 heavy (non-hydrogen) atoms. The fourth-order valence-electron chi connectivity index (χ4n) is 1.04. The van der Waals surface area contributed by atoms with Crippen molar-refractivity contribution in [1.29, 1.82) is 0 Å². The molecule has 62 valence electrons. The maximum atomic E-state index is 13.0. The van der Waals surface area contributed by atoms with E-state index in [4.69, 9.17) is 11.6 Å². The fourth-order valence-corrected chi connectivity index (χ4v) is 1.21. The van der Waals surface area contributed by atoms with E-state index in [9.17, 15) is 4.39 Å². The number of rotatable bonds is 0. The van der Waals surface area contributed by atoms with Gasteiger partial charge in [0.2, 0.25) is 5.28 Å². The molecule has 0 bridgehead atoms. The molecule has 0 fully saturated rings. The summed E-state index contributed by atoms with van der Waals surface area (Å²) in [7, 11) is 0. The van der Waals surface area contributed by atoms with Gasteiger partial charge in [0.15, 0.2) is 11.5 Å². The van der Waals surface area contributed by atoms with E-state index in [0.717, 1.165) is 6.20 Å². The van der Waals surface area contributed by atoms with E-state index in [1.54, 1.807) is 13.1 Å². The summed E-state index contributed by atoms with van der Waals surface area (Å²) in [6, 6.07) is 0. The lowest BCUT2D eigenvalue weighted by atomic mass is 10.6. The van der Waals surface area contributed by atoms with Crippen LogP contribution in [0.2, 0.25) is 5.28 Å². The molecule has 0 N–H and O–H groups in total. The molecule has 2 aromatic heterocycles. The number of hydrogen-bond donors (Lipinski definition) is 0. The summed E-state index contributed by atoms with van der Waals surface area (Å²) in [6.07, 6.45) is 2.69. The standard InChI is InChI=1S/C7H5ClFN3/c1-4-3-12-6(11-4)5(9)2-10-7(12)8/h2-3H,1H3. The van der Waals surface area contributed by atoms with Gasteiger partial charge in [-0.2, -0.15) is 0 Å². The SMILES string of the molecule is Cc1cn2c(Cl)ncc(F)c2n1. The van der Waals surface area contributed by atoms with Crippen LogP contribution in [0.15, 0.2) is 12.4 Å². The van der Waals surface area contributed by atoms with Crippen LogP contribution in [0.25, 0.3) is 5.65 Å². The van der Waals surface area contributed by atoms with Crippen molar-refractivity contribution in [2.45, 2.75) is 6.92 Å². The molecule has 2 aromatic rings. The first-order chi connectivity index (χ1) is 5.68. The number of imidazole rings is 1. The van der Waals surface area contributed by atoms with Crippen molar-refractivity contribution in [3.8, 4) is 0 Å². The van der Waals surface area contributed by atoms with Crippen LogP contribution in [-0.2, 0) is 0 Å². The first kappa shape index (κ1) is 7.49. The van der Waals surface area contributed by atoms with Crippen molar-refractivity contribution in [2.75, 3.05) is 0 Å². The van der Waals surface area contributed by atoms with Crippen molar-refractivity contribution in [1.82, 2.24) is 14.4 Å². The highest BCUT2D eigenvalue weighted by Crippen LogP contribution is 2.13. The van der Waals surface area contributed by atoms with Gasteiger partial charge in [-0.15, -0.1) is 0 Å². The molecule has 0 unspecified atom stereocenters. The van der Waals surface area contributed by atoms with Gasteiger partial charge in [0, 0.05) is 6.20 Å². The number of nitrogens with zero attached hydrogens (tertiary/aromatic N) is 3. The monoisotopic (exact) mass is 185 g/mol. The Morgan fingerprint density at radius 2 is 2.33 bits per heavy atom. The number of hydrogen-bond acceptors (Lipinski definition) is 2. The van der Waals surface area contributed by atoms with E-state index in [1.807, 2.05) is 0 Å². The third-order valence-corrected chi connectivity index (χ3v) is 1.80. The highest BCUT2D eigenvalue weighted by Gasteiger charge is 2.07. The Balaban J connectivity index is 2.93. The Morgan fingerprint density at radius 1 is 1.58 bits per heavy atom. The minimum atomic E-state index is -0.465. The smallest absolute Gasteiger partial charge is 0.208 e. The minimum Gasteiger partial charge on any atom is -0.272 e. The third-order valence-electron chi connectivity index (χ3n) is 1.52. The van der Waals surface area contributed by atoms with Gasteiger partial charge in [0.1, 0.15) is 0 Å². The van der Waals surface area contributed by atoms with Crippen LogP contribution in [-0.4, -0.2) is 14.4 Å². The van der Waals surface area contributed by atoms with Crippen molar-refractivity contribution in [3.63, 3.8) is 0 Å². The zero-order valence-corrected chi connectivity index (χ0v) is 7.01. The molecule has 0 aromatic carbocycles. The van der Waals surface area contributed by atoms with Crippen LogP contribution in [0.1, 0.15) is 5.69 Å². The first-order valence-corrected chi connectivity index (χ1v) is 3.72. The highest BCUT2D eigenvalue weighted by molar-refractivity contribution is 6.28. The summed E-state index contributed by atoms with van der Waals surface area (Å²) >= 11 is 5.69. The second-order valence-electron chi connectivity index (χ2n) is 2.45. The lowest BCUT2D eigenvalue weighted by Gasteiger charge is -1.94. The first-order valence-electron chi connectivity index (χ1n) is 3.34. The van der Waals surface area contributed by atoms with Crippen LogP contribution in [0.4, 0.5) is 4.39 Å². The van der Waals surface area contributed by atoms with E-state index in [2.05, 4.69) is 9.97 Å². The van der Waals surface area contributed by atoms with Gasteiger partial charge in [-0.05, 0) is 18.5 Å². The molecular formula is C7H5ClFN3. The van der Waals surface area contributed by atoms with E-state index in [-0.39, 0.29) is 10.9 Å². The van der Waals surface area contributed by atoms with Crippen molar-refractivity contribution >= 4 is 17.2 Å². The maximum absolute atomic E-state index is 13.0. The van der Waals surface area contributed by atoms with Gasteiger partial charge >= 0.3 is 0 Å². The van der Waals surface area contributed by atoms with E-state index in [1.165, 1.54) is 4.40 Å². The summed E-state index contributed by atoms with van der Waals surface area (Å²) in [5.41, 5.74) is 0.927. The highest BCUT2D eigenvalue weighted by atomic mass is 35.5. The molecule has 0 atom stereocenters. The van der Waals surface area contributed by atoms with Crippen molar-refractivity contribution in [3.05, 3.63) is 29.2 Å². The van der Waals surface area contributed by atoms with Crippen LogP contribution >= 0.6 is 11.6 Å². The molecule has 2 heterocycles. The third kappa shape index (κ3) is 0.956. The molecule has 0 amide bonds. The minimum absolute atomic E-state index is 0.215. The van der Waals surface area contributed by atoms with Crippen LogP contribution in [0, 0.1) is 12.7 Å². The lowest BCUT2D eigenvalue weighted by molar-refractivity contribution is 0.622. The maximum Gasteiger partial charge on any atom is 0.208 e. The number of fused-ring (bicyclic) bond motifs is 1. The second-order valence-corrected chi connectivity index (χ2v) is 2.79. The number of halogens is 2. The van der Waals surface area contributed by atoms with Crippen molar-refractivity contribution < 1.29 is 4.39 Å². The van der Waals surface area contributed by atoms with Crippen molar-refractivity contribution in [2.24, 2.45) is 0 Å². The molecule has 0 radical (unpaired) electrons. The summed E-state index contributed by atoms with van der Waals surface area (Å²) in [6.45, 7) is 1.77. The quantitative estimate of drug-likeness (QED) is 0.587. The molecule has 5 heteroatoms. The van der Waals surface area contributed by atoms with Crippen LogP contribution in [0.5, 0.6) is 0 Å². The molecule has 0 saturated carbocycles. The fraction of sp³-hybridized carbons (Fsp3) is 0.143. The summed E-state index contributed by atoms with van der Waals surface area (Å²) in [5, 5.41) is 0.215. The largest absolute Gasteiger partial charge is 0.272 e. The second kappa shape index (κ2) is 2.42. The Kier molecular flexibility index (Phi) is 1.51. The predicted molar refractivity (Wildman–Crippen MR) is 42.7 cm³/mol. The summed E-state index contributed by atoms with van der Waals surface area (Å²) in [5.74, 6) is -0.465. The number of aryl methyl sites for hydroxylation is 1. The Labute approximate surface area is 72.8 Å². The van der Waals surface area contributed by atoms with Crippen LogP contribution < -0.4 is 0 Å². The lowest BCUT2D eigenvalue weighted by Crippen LogP contribution is -1.92. The zero-order chi connectivity index (χ0) is 8.72. The summed E-state index contributed by atoms with van der Waals surface area (Å²) < 4.78 is 14.4. The Hall–Kier alpha value is -1.16. The summed E-state index contributed by atoms with van der Waals surface area (Å²) in [4.78, 5) is 7.57. The molecular weight excluding hydrogens is 181 g/mol. The van der Waals surface area contributed by atoms with Gasteiger partial charge < -0.3 is 0 Å². The predicted octanol–water partition coefficient (Wildman–Crippen LogP) is 1.83. The van der Waals surface area contributed by atoms with Gasteiger partial charge in [0.05, 0.1) is 11.9 Å². The average molecular weight is 186 g/mol. The van der Waals surface area contributed by atoms with E-state index in [0.29, 0.717) is 5.69 Å². The molecule has 0 saturated heterocycles. The molecule has 3 nitrogen and oxygen atoms in total. The Bertz CT molecular complexity index is 398. The molecule has 0 spiro atoms. The van der Waals surface area contributed by atoms with Gasteiger partial charge in [0.25, 0.3) is 0 Å².